The van der Waals surface area contributed by atoms with Crippen LogP contribution in [0.3, 0.4) is 0 Å². The van der Waals surface area contributed by atoms with Crippen LogP contribution in [0, 0.1) is 0 Å². The Morgan fingerprint density at radius 1 is 1.33 bits per heavy atom. The van der Waals surface area contributed by atoms with Crippen molar-refractivity contribution in [3.05, 3.63) is 18.5 Å². The maximum Gasteiger partial charge on any atom is 0.257 e. The second-order valence-electron chi connectivity index (χ2n) is 4.77. The molecule has 0 amide bonds. The molecule has 2 aromatic heterocycles. The van der Waals surface area contributed by atoms with Gasteiger partial charge in [-0.1, -0.05) is 0 Å². The fourth-order valence-corrected chi connectivity index (χ4v) is 2.40. The Balaban J connectivity index is 2.18. The molecule has 0 spiro atoms. The van der Waals surface area contributed by atoms with Gasteiger partial charge >= 0.3 is 0 Å². The van der Waals surface area contributed by atoms with Gasteiger partial charge in [0.25, 0.3) is 5.95 Å². The molecule has 0 saturated heterocycles. The van der Waals surface area contributed by atoms with Crippen LogP contribution < -0.4 is 10.6 Å². The van der Waals surface area contributed by atoms with Crippen LogP contribution in [0.15, 0.2) is 18.5 Å². The summed E-state index contributed by atoms with van der Waals surface area (Å²) < 4.78 is 1.55. The van der Waals surface area contributed by atoms with Crippen LogP contribution in [-0.2, 0) is 0 Å². The van der Waals surface area contributed by atoms with E-state index in [4.69, 9.17) is 0 Å². The third kappa shape index (κ3) is 4.30. The fraction of sp³-hybridized carbons (Fsp3) is 0.500. The quantitative estimate of drug-likeness (QED) is 0.684. The van der Waals surface area contributed by atoms with E-state index in [0.29, 0.717) is 30.1 Å². The van der Waals surface area contributed by atoms with E-state index in [9.17, 15) is 5.11 Å². The lowest BCUT2D eigenvalue weighted by molar-refractivity contribution is 0.0995. The van der Waals surface area contributed by atoms with Crippen molar-refractivity contribution in [3.8, 4) is 5.95 Å². The second-order valence-corrected chi connectivity index (χ2v) is 5.63. The number of hydrogen-bond acceptors (Lipinski definition) is 8. The van der Waals surface area contributed by atoms with Crippen LogP contribution in [0.2, 0.25) is 0 Å². The zero-order valence-electron chi connectivity index (χ0n) is 12.2. The smallest absolute Gasteiger partial charge is 0.257 e. The fourth-order valence-electron chi connectivity index (χ4n) is 1.68. The van der Waals surface area contributed by atoms with E-state index in [2.05, 4.69) is 30.7 Å². The van der Waals surface area contributed by atoms with Gasteiger partial charge in [0.2, 0.25) is 11.9 Å². The van der Waals surface area contributed by atoms with Crippen LogP contribution in [-0.4, -0.2) is 61.0 Å². The number of anilines is 2. The monoisotopic (exact) mass is 309 g/mol. The van der Waals surface area contributed by atoms with Gasteiger partial charge in [-0.3, -0.25) is 0 Å². The van der Waals surface area contributed by atoms with Crippen molar-refractivity contribution in [1.82, 2.24) is 24.7 Å². The molecule has 1 unspecified atom stereocenters. The highest BCUT2D eigenvalue weighted by atomic mass is 32.2. The highest BCUT2D eigenvalue weighted by Crippen LogP contribution is 2.13. The third-order valence-corrected chi connectivity index (χ3v) is 3.55. The summed E-state index contributed by atoms with van der Waals surface area (Å²) in [6, 6.07) is 1.79. The molecule has 8 nitrogen and oxygen atoms in total. The molecule has 0 aliphatic carbocycles. The summed E-state index contributed by atoms with van der Waals surface area (Å²) in [4.78, 5) is 12.8. The third-order valence-electron chi connectivity index (χ3n) is 2.64. The zero-order valence-corrected chi connectivity index (χ0v) is 13.1. The summed E-state index contributed by atoms with van der Waals surface area (Å²) in [7, 11) is 1.73. The van der Waals surface area contributed by atoms with Crippen LogP contribution in [0.1, 0.15) is 6.92 Å². The summed E-state index contributed by atoms with van der Waals surface area (Å²) in [5.74, 6) is 1.85. The SMILES string of the molecule is CNc1nc(NCC(C)(O)CSC)nc(-n2cccn2)n1. The lowest BCUT2D eigenvalue weighted by Gasteiger charge is -2.22. The lowest BCUT2D eigenvalue weighted by Crippen LogP contribution is -2.36. The Bertz CT molecular complexity index is 573. The van der Waals surface area contributed by atoms with E-state index in [-0.39, 0.29) is 0 Å². The van der Waals surface area contributed by atoms with Crippen LogP contribution >= 0.6 is 11.8 Å². The molecule has 0 saturated carbocycles. The van der Waals surface area contributed by atoms with Crippen molar-refractivity contribution < 1.29 is 5.11 Å². The number of aliphatic hydroxyl groups is 1. The number of thioether (sulfide) groups is 1. The molecule has 0 aromatic carbocycles. The van der Waals surface area contributed by atoms with Gasteiger partial charge in [-0.2, -0.15) is 31.8 Å². The van der Waals surface area contributed by atoms with Crippen molar-refractivity contribution in [2.45, 2.75) is 12.5 Å². The lowest BCUT2D eigenvalue weighted by atomic mass is 10.1. The number of aromatic nitrogens is 5. The molecule has 0 fully saturated rings. The van der Waals surface area contributed by atoms with E-state index in [1.165, 1.54) is 0 Å². The summed E-state index contributed by atoms with van der Waals surface area (Å²) in [6.45, 7) is 2.12. The largest absolute Gasteiger partial charge is 0.387 e. The summed E-state index contributed by atoms with van der Waals surface area (Å²) in [5.41, 5.74) is -0.836. The minimum atomic E-state index is -0.836. The van der Waals surface area contributed by atoms with E-state index in [1.807, 2.05) is 6.26 Å². The summed E-state index contributed by atoms with van der Waals surface area (Å²) >= 11 is 1.58. The molecule has 2 heterocycles. The van der Waals surface area contributed by atoms with Gasteiger partial charge in [0, 0.05) is 31.7 Å². The molecule has 3 N–H and O–H groups in total. The maximum absolute atomic E-state index is 10.2. The van der Waals surface area contributed by atoms with Gasteiger partial charge in [0.05, 0.1) is 5.60 Å². The van der Waals surface area contributed by atoms with Gasteiger partial charge in [-0.05, 0) is 19.2 Å². The van der Waals surface area contributed by atoms with Gasteiger partial charge in [0.15, 0.2) is 0 Å². The van der Waals surface area contributed by atoms with Crippen molar-refractivity contribution in [3.63, 3.8) is 0 Å². The van der Waals surface area contributed by atoms with E-state index >= 15 is 0 Å². The topological polar surface area (TPSA) is 101 Å². The molecule has 0 bridgehead atoms. The Kier molecular flexibility index (Phi) is 4.97. The minimum Gasteiger partial charge on any atom is -0.387 e. The molecular formula is C12H19N7OS. The summed E-state index contributed by atoms with van der Waals surface area (Å²) in [5, 5.41) is 20.2. The Morgan fingerprint density at radius 2 is 2.10 bits per heavy atom. The van der Waals surface area contributed by atoms with Crippen molar-refractivity contribution in [2.24, 2.45) is 0 Å². The second kappa shape index (κ2) is 6.72. The standard InChI is InChI=1S/C12H19N7OS/c1-12(20,8-21-3)7-14-10-16-9(13-2)17-11(18-10)19-6-4-5-15-19/h4-6,20H,7-8H2,1-3H3,(H2,13,14,16,17,18). The molecule has 114 valence electrons. The minimum absolute atomic E-state index is 0.347. The first-order valence-electron chi connectivity index (χ1n) is 6.43. The molecule has 1 atom stereocenters. The normalized spacial score (nSPS) is 13.7. The average molecular weight is 309 g/mol. The number of nitrogens with one attached hydrogen (secondary N) is 2. The highest BCUT2D eigenvalue weighted by molar-refractivity contribution is 7.98. The van der Waals surface area contributed by atoms with Crippen LogP contribution in [0.5, 0.6) is 0 Å². The zero-order chi connectivity index (χ0) is 15.3. The first-order chi connectivity index (χ1) is 10.0. The molecule has 0 aliphatic rings. The first-order valence-corrected chi connectivity index (χ1v) is 7.82. The molecule has 2 aromatic rings. The molecule has 9 heteroatoms. The van der Waals surface area contributed by atoms with Gasteiger partial charge in [0.1, 0.15) is 0 Å². The number of nitrogens with zero attached hydrogens (tertiary/aromatic N) is 5. The molecule has 21 heavy (non-hydrogen) atoms. The Labute approximate surface area is 127 Å². The molecule has 0 aliphatic heterocycles. The van der Waals surface area contributed by atoms with Crippen LogP contribution in [0.4, 0.5) is 11.9 Å². The van der Waals surface area contributed by atoms with Gasteiger partial charge in [-0.25, -0.2) is 4.68 Å². The molecule has 2 rings (SSSR count). The van der Waals surface area contributed by atoms with Crippen molar-refractivity contribution in [1.29, 1.82) is 0 Å². The first kappa shape index (κ1) is 15.5. The Morgan fingerprint density at radius 3 is 2.71 bits per heavy atom. The predicted octanol–water partition coefficient (Wildman–Crippen LogP) is 0.625. The van der Waals surface area contributed by atoms with Crippen molar-refractivity contribution >= 4 is 23.7 Å². The molecule has 0 radical (unpaired) electrons. The highest BCUT2D eigenvalue weighted by Gasteiger charge is 2.20. The Hall–Kier alpha value is -1.87. The van der Waals surface area contributed by atoms with E-state index in [0.717, 1.165) is 0 Å². The number of rotatable bonds is 7. The number of hydrogen-bond donors (Lipinski definition) is 3. The molecular weight excluding hydrogens is 290 g/mol. The predicted molar refractivity (Wildman–Crippen MR) is 84.0 cm³/mol. The van der Waals surface area contributed by atoms with E-state index in [1.54, 1.807) is 48.9 Å². The van der Waals surface area contributed by atoms with Crippen LogP contribution in [0.25, 0.3) is 5.95 Å². The van der Waals surface area contributed by atoms with E-state index < -0.39 is 5.60 Å². The maximum atomic E-state index is 10.2. The van der Waals surface area contributed by atoms with Gasteiger partial charge in [-0.15, -0.1) is 0 Å². The summed E-state index contributed by atoms with van der Waals surface area (Å²) in [6.07, 6.45) is 5.36. The average Bonchev–Trinajstić information content (AvgIpc) is 2.99. The van der Waals surface area contributed by atoms with Crippen molar-refractivity contribution in [2.75, 3.05) is 36.2 Å². The van der Waals surface area contributed by atoms with Gasteiger partial charge < -0.3 is 15.7 Å².